The van der Waals surface area contributed by atoms with Gasteiger partial charge in [0.25, 0.3) is 5.89 Å². The zero-order valence-electron chi connectivity index (χ0n) is 14.3. The predicted molar refractivity (Wildman–Crippen MR) is 100.0 cm³/mol. The Hall–Kier alpha value is -1.74. The van der Waals surface area contributed by atoms with Gasteiger partial charge in [-0.15, -0.1) is 0 Å². The SMILES string of the molecule is CC[C@H](NC(=O)C[C@@H]1CCS(=O)(=O)C1)c1noc(-c2cccc(Br)c2)n1. The maximum Gasteiger partial charge on any atom is 0.258 e. The van der Waals surface area contributed by atoms with Crippen LogP contribution in [0.5, 0.6) is 0 Å². The zero-order chi connectivity index (χ0) is 18.7. The van der Waals surface area contributed by atoms with Crippen molar-refractivity contribution in [2.45, 2.75) is 32.2 Å². The molecule has 9 heteroatoms. The summed E-state index contributed by atoms with van der Waals surface area (Å²) >= 11 is 3.40. The number of aromatic nitrogens is 2. The number of amides is 1. The number of carbonyl (C=O) groups is 1. The van der Waals surface area contributed by atoms with Crippen LogP contribution in [0, 0.1) is 5.92 Å². The Morgan fingerprint density at radius 1 is 1.46 bits per heavy atom. The summed E-state index contributed by atoms with van der Waals surface area (Å²) in [5, 5.41) is 6.87. The third-order valence-corrected chi connectivity index (χ3v) is 6.70. The van der Waals surface area contributed by atoms with Crippen LogP contribution < -0.4 is 5.32 Å². The van der Waals surface area contributed by atoms with E-state index < -0.39 is 9.84 Å². The standard InChI is InChI=1S/C17H20BrN3O4S/c1-2-14(19-15(22)8-11-6-7-26(23,24)10-11)16-20-17(25-21-16)12-4-3-5-13(18)9-12/h3-5,9,11,14H,2,6-8,10H2,1H3,(H,19,22)/t11-,14-/m0/s1. The van der Waals surface area contributed by atoms with Gasteiger partial charge in [-0.3, -0.25) is 4.79 Å². The number of halogens is 1. The number of carbonyl (C=O) groups excluding carboxylic acids is 1. The van der Waals surface area contributed by atoms with E-state index in [4.69, 9.17) is 4.52 Å². The van der Waals surface area contributed by atoms with Crippen molar-refractivity contribution in [3.05, 3.63) is 34.6 Å². The largest absolute Gasteiger partial charge is 0.346 e. The average Bonchev–Trinajstić information content (AvgIpc) is 3.19. The minimum Gasteiger partial charge on any atom is -0.346 e. The molecule has 0 radical (unpaired) electrons. The van der Waals surface area contributed by atoms with Crippen LogP contribution in [0.4, 0.5) is 0 Å². The van der Waals surface area contributed by atoms with Crippen molar-refractivity contribution < 1.29 is 17.7 Å². The quantitative estimate of drug-likeness (QED) is 0.738. The third-order valence-electron chi connectivity index (χ3n) is 4.37. The Morgan fingerprint density at radius 3 is 2.92 bits per heavy atom. The van der Waals surface area contributed by atoms with Crippen LogP contribution in [-0.2, 0) is 14.6 Å². The first-order valence-corrected chi connectivity index (χ1v) is 11.1. The molecular weight excluding hydrogens is 422 g/mol. The zero-order valence-corrected chi connectivity index (χ0v) is 16.7. The van der Waals surface area contributed by atoms with Gasteiger partial charge < -0.3 is 9.84 Å². The first-order valence-electron chi connectivity index (χ1n) is 8.45. The van der Waals surface area contributed by atoms with E-state index in [0.29, 0.717) is 24.6 Å². The number of benzene rings is 1. The van der Waals surface area contributed by atoms with Gasteiger partial charge in [-0.05, 0) is 37.0 Å². The molecule has 2 atom stereocenters. The lowest BCUT2D eigenvalue weighted by Gasteiger charge is -2.14. The first-order chi connectivity index (χ1) is 12.4. The first kappa shape index (κ1) is 19.0. The van der Waals surface area contributed by atoms with Gasteiger partial charge in [-0.1, -0.05) is 34.1 Å². The maximum atomic E-state index is 12.3. The molecule has 140 valence electrons. The fourth-order valence-electron chi connectivity index (χ4n) is 3.01. The van der Waals surface area contributed by atoms with Crippen LogP contribution in [0.2, 0.25) is 0 Å². The lowest BCUT2D eigenvalue weighted by Crippen LogP contribution is -2.30. The van der Waals surface area contributed by atoms with Gasteiger partial charge in [-0.2, -0.15) is 4.98 Å². The van der Waals surface area contributed by atoms with Gasteiger partial charge in [0, 0.05) is 16.5 Å². The van der Waals surface area contributed by atoms with E-state index in [-0.39, 0.29) is 35.8 Å². The minimum absolute atomic E-state index is 0.0897. The summed E-state index contributed by atoms with van der Waals surface area (Å²) in [6.07, 6.45) is 1.35. The summed E-state index contributed by atoms with van der Waals surface area (Å²) in [7, 11) is -2.98. The molecule has 26 heavy (non-hydrogen) atoms. The third kappa shape index (κ3) is 4.70. The normalized spacial score (nSPS) is 20.0. The second-order valence-electron chi connectivity index (χ2n) is 6.47. The number of nitrogens with one attached hydrogen (secondary N) is 1. The number of hydrogen-bond donors (Lipinski definition) is 1. The van der Waals surface area contributed by atoms with Gasteiger partial charge in [0.15, 0.2) is 15.7 Å². The average molecular weight is 442 g/mol. The highest BCUT2D eigenvalue weighted by molar-refractivity contribution is 9.10. The number of sulfone groups is 1. The second-order valence-corrected chi connectivity index (χ2v) is 9.61. The predicted octanol–water partition coefficient (Wildman–Crippen LogP) is 2.89. The molecular formula is C17H20BrN3O4S. The minimum atomic E-state index is -2.98. The topological polar surface area (TPSA) is 102 Å². The number of hydrogen-bond acceptors (Lipinski definition) is 6. The Bertz CT molecular complexity index is 897. The van der Waals surface area contributed by atoms with E-state index in [1.165, 1.54) is 0 Å². The highest BCUT2D eigenvalue weighted by atomic mass is 79.9. The van der Waals surface area contributed by atoms with Crippen molar-refractivity contribution >= 4 is 31.7 Å². The molecule has 1 N–H and O–H groups in total. The van der Waals surface area contributed by atoms with Gasteiger partial charge in [0.05, 0.1) is 17.5 Å². The van der Waals surface area contributed by atoms with Crippen molar-refractivity contribution in [1.29, 1.82) is 0 Å². The molecule has 1 amide bonds. The van der Waals surface area contributed by atoms with Crippen LogP contribution in [0.3, 0.4) is 0 Å². The molecule has 2 aromatic rings. The Morgan fingerprint density at radius 2 is 2.27 bits per heavy atom. The van der Waals surface area contributed by atoms with Crippen LogP contribution in [0.15, 0.2) is 33.3 Å². The van der Waals surface area contributed by atoms with Crippen molar-refractivity contribution in [2.75, 3.05) is 11.5 Å². The van der Waals surface area contributed by atoms with E-state index in [2.05, 4.69) is 31.4 Å². The molecule has 1 aliphatic heterocycles. The summed E-state index contributed by atoms with van der Waals surface area (Å²) in [6, 6.07) is 7.14. The van der Waals surface area contributed by atoms with Gasteiger partial charge in [0.2, 0.25) is 5.91 Å². The molecule has 3 rings (SSSR count). The molecule has 2 heterocycles. The molecule has 1 aliphatic rings. The molecule has 0 unspecified atom stereocenters. The van der Waals surface area contributed by atoms with Gasteiger partial charge in [-0.25, -0.2) is 8.42 Å². The fourth-order valence-corrected chi connectivity index (χ4v) is 5.27. The monoisotopic (exact) mass is 441 g/mol. The molecule has 0 spiro atoms. The van der Waals surface area contributed by atoms with Crippen LogP contribution >= 0.6 is 15.9 Å². The van der Waals surface area contributed by atoms with E-state index in [1.807, 2.05) is 31.2 Å². The Balaban J connectivity index is 1.65. The molecule has 1 aromatic heterocycles. The van der Waals surface area contributed by atoms with Crippen molar-refractivity contribution in [2.24, 2.45) is 5.92 Å². The fraction of sp³-hybridized carbons (Fsp3) is 0.471. The van der Waals surface area contributed by atoms with Crippen molar-refractivity contribution in [1.82, 2.24) is 15.5 Å². The molecule has 1 saturated heterocycles. The number of nitrogens with zero attached hydrogens (tertiary/aromatic N) is 2. The van der Waals surface area contributed by atoms with E-state index >= 15 is 0 Å². The van der Waals surface area contributed by atoms with Crippen molar-refractivity contribution in [3.8, 4) is 11.5 Å². The molecule has 0 saturated carbocycles. The van der Waals surface area contributed by atoms with Crippen molar-refractivity contribution in [3.63, 3.8) is 0 Å². The lowest BCUT2D eigenvalue weighted by molar-refractivity contribution is -0.122. The number of rotatable bonds is 6. The summed E-state index contributed by atoms with van der Waals surface area (Å²) < 4.78 is 29.3. The van der Waals surface area contributed by atoms with Gasteiger partial charge in [0.1, 0.15) is 0 Å². The van der Waals surface area contributed by atoms with E-state index in [0.717, 1.165) is 10.0 Å². The van der Waals surface area contributed by atoms with Gasteiger partial charge >= 0.3 is 0 Å². The molecule has 7 nitrogen and oxygen atoms in total. The molecule has 0 bridgehead atoms. The van der Waals surface area contributed by atoms with Crippen LogP contribution in [-0.4, -0.2) is 36.0 Å². The summed E-state index contributed by atoms with van der Waals surface area (Å²) in [6.45, 7) is 1.92. The Kier molecular flexibility index (Phi) is 5.76. The highest BCUT2D eigenvalue weighted by Gasteiger charge is 2.30. The maximum absolute atomic E-state index is 12.3. The summed E-state index contributed by atoms with van der Waals surface area (Å²) in [5.74, 6) is 0.758. The molecule has 1 fully saturated rings. The lowest BCUT2D eigenvalue weighted by atomic mass is 10.0. The van der Waals surface area contributed by atoms with Crippen LogP contribution in [0.1, 0.15) is 38.1 Å². The molecule has 0 aliphatic carbocycles. The molecule has 1 aromatic carbocycles. The van der Waals surface area contributed by atoms with E-state index in [1.54, 1.807) is 0 Å². The smallest absolute Gasteiger partial charge is 0.258 e. The Labute approximate surface area is 160 Å². The summed E-state index contributed by atoms with van der Waals surface area (Å²) in [4.78, 5) is 16.7. The van der Waals surface area contributed by atoms with Crippen LogP contribution in [0.25, 0.3) is 11.5 Å². The summed E-state index contributed by atoms with van der Waals surface area (Å²) in [5.41, 5.74) is 0.787. The highest BCUT2D eigenvalue weighted by Crippen LogP contribution is 2.25. The second kappa shape index (κ2) is 7.87. The van der Waals surface area contributed by atoms with E-state index in [9.17, 15) is 13.2 Å².